The van der Waals surface area contributed by atoms with Gasteiger partial charge in [-0.15, -0.1) is 0 Å². The quantitative estimate of drug-likeness (QED) is 0.458. The largest absolute Gasteiger partial charge is 0.493 e. The average molecular weight is 433 g/mol. The fraction of sp³-hybridized carbons (Fsp3) is 0.200. The summed E-state index contributed by atoms with van der Waals surface area (Å²) in [4.78, 5) is 17.5. The number of hydrogen-bond donors (Lipinski definition) is 1. The second-order valence-corrected chi connectivity index (χ2v) is 7.29. The molecule has 1 unspecified atom stereocenters. The van der Waals surface area contributed by atoms with Crippen molar-refractivity contribution in [3.63, 3.8) is 0 Å². The molecule has 32 heavy (non-hydrogen) atoms. The molecule has 164 valence electrons. The Morgan fingerprint density at radius 1 is 1.09 bits per heavy atom. The normalized spacial score (nSPS) is 11.9. The highest BCUT2D eigenvalue weighted by atomic mass is 19.1. The predicted molar refractivity (Wildman–Crippen MR) is 121 cm³/mol. The first kappa shape index (κ1) is 21.4. The number of benzene rings is 2. The van der Waals surface area contributed by atoms with Crippen molar-refractivity contribution >= 4 is 16.8 Å². The summed E-state index contributed by atoms with van der Waals surface area (Å²) in [5.41, 5.74) is 3.07. The molecule has 1 amide bonds. The number of aryl methyl sites for hydroxylation is 1. The van der Waals surface area contributed by atoms with Crippen molar-refractivity contribution in [3.05, 3.63) is 89.6 Å². The fourth-order valence-corrected chi connectivity index (χ4v) is 3.85. The molecule has 0 aliphatic rings. The van der Waals surface area contributed by atoms with Gasteiger partial charge in [-0.1, -0.05) is 12.1 Å². The standard InChI is InChI=1S/C25H24FN3O3/c1-4-29-15-20(19-11-12-27-14-21(19)29)24(16-5-8-18(26)9-6-16)28-25(30)17-7-10-22(31-2)23(13-17)32-3/h5-15,24H,4H2,1-3H3,(H,28,30). The summed E-state index contributed by atoms with van der Waals surface area (Å²) in [5, 5.41) is 4.09. The van der Waals surface area contributed by atoms with Gasteiger partial charge in [-0.25, -0.2) is 4.39 Å². The minimum absolute atomic E-state index is 0.285. The van der Waals surface area contributed by atoms with Gasteiger partial charge in [0.05, 0.1) is 32.0 Å². The topological polar surface area (TPSA) is 65.4 Å². The first-order valence-electron chi connectivity index (χ1n) is 10.3. The maximum atomic E-state index is 13.6. The zero-order valence-corrected chi connectivity index (χ0v) is 18.1. The highest BCUT2D eigenvalue weighted by Gasteiger charge is 2.23. The van der Waals surface area contributed by atoms with Crippen LogP contribution in [-0.2, 0) is 6.54 Å². The third kappa shape index (κ3) is 4.01. The van der Waals surface area contributed by atoms with E-state index in [-0.39, 0.29) is 11.7 Å². The molecule has 4 aromatic rings. The Hall–Kier alpha value is -3.87. The minimum atomic E-state index is -0.492. The number of hydrogen-bond acceptors (Lipinski definition) is 4. The lowest BCUT2D eigenvalue weighted by Crippen LogP contribution is -2.29. The number of aromatic nitrogens is 2. The van der Waals surface area contributed by atoms with Gasteiger partial charge in [0.2, 0.25) is 0 Å². The maximum absolute atomic E-state index is 13.6. The minimum Gasteiger partial charge on any atom is -0.493 e. The molecule has 1 N–H and O–H groups in total. The molecule has 2 aromatic heterocycles. The van der Waals surface area contributed by atoms with E-state index in [2.05, 4.69) is 14.9 Å². The third-order valence-corrected chi connectivity index (χ3v) is 5.49. The summed E-state index contributed by atoms with van der Waals surface area (Å²) < 4.78 is 26.3. The van der Waals surface area contributed by atoms with Crippen LogP contribution in [-0.4, -0.2) is 29.7 Å². The smallest absolute Gasteiger partial charge is 0.252 e. The van der Waals surface area contributed by atoms with E-state index >= 15 is 0 Å². The molecule has 2 heterocycles. The van der Waals surface area contributed by atoms with Gasteiger partial charge < -0.3 is 19.4 Å². The van der Waals surface area contributed by atoms with Gasteiger partial charge >= 0.3 is 0 Å². The van der Waals surface area contributed by atoms with E-state index in [1.807, 2.05) is 19.2 Å². The molecule has 0 radical (unpaired) electrons. The van der Waals surface area contributed by atoms with Crippen molar-refractivity contribution in [2.75, 3.05) is 14.2 Å². The molecule has 0 aliphatic heterocycles. The molecule has 0 bridgehead atoms. The second-order valence-electron chi connectivity index (χ2n) is 7.29. The van der Waals surface area contributed by atoms with Crippen molar-refractivity contribution in [2.24, 2.45) is 0 Å². The molecular formula is C25H24FN3O3. The van der Waals surface area contributed by atoms with Crippen molar-refractivity contribution < 1.29 is 18.7 Å². The first-order valence-corrected chi connectivity index (χ1v) is 10.3. The zero-order valence-electron chi connectivity index (χ0n) is 18.1. The number of carbonyl (C=O) groups excluding carboxylic acids is 1. The van der Waals surface area contributed by atoms with Crippen LogP contribution in [0.1, 0.15) is 34.5 Å². The Balaban J connectivity index is 1.78. The lowest BCUT2D eigenvalue weighted by molar-refractivity contribution is 0.0942. The Kier molecular flexibility index (Phi) is 6.07. The summed E-state index contributed by atoms with van der Waals surface area (Å²) in [7, 11) is 3.06. The van der Waals surface area contributed by atoms with Gasteiger partial charge in [0.1, 0.15) is 5.82 Å². The van der Waals surface area contributed by atoms with E-state index < -0.39 is 6.04 Å². The Labute approximate surface area is 185 Å². The highest BCUT2D eigenvalue weighted by molar-refractivity contribution is 5.96. The predicted octanol–water partition coefficient (Wildman–Crippen LogP) is 4.73. The van der Waals surface area contributed by atoms with Crippen molar-refractivity contribution in [1.29, 1.82) is 0 Å². The van der Waals surface area contributed by atoms with Crippen LogP contribution < -0.4 is 14.8 Å². The van der Waals surface area contributed by atoms with E-state index in [9.17, 15) is 9.18 Å². The lowest BCUT2D eigenvalue weighted by atomic mass is 9.98. The van der Waals surface area contributed by atoms with Gasteiger partial charge in [0.25, 0.3) is 5.91 Å². The van der Waals surface area contributed by atoms with Crippen LogP contribution in [0.4, 0.5) is 4.39 Å². The molecule has 4 rings (SSSR count). The van der Waals surface area contributed by atoms with E-state index in [4.69, 9.17) is 9.47 Å². The summed E-state index contributed by atoms with van der Waals surface area (Å²) in [6, 6.07) is 12.6. The van der Waals surface area contributed by atoms with Crippen LogP contribution in [0.5, 0.6) is 11.5 Å². The van der Waals surface area contributed by atoms with Gasteiger partial charge in [0, 0.05) is 35.5 Å². The molecule has 1 atom stereocenters. The summed E-state index contributed by atoms with van der Waals surface area (Å²) in [6.45, 7) is 2.80. The molecule has 0 saturated heterocycles. The molecule has 0 spiro atoms. The number of nitrogens with zero attached hydrogens (tertiary/aromatic N) is 2. The van der Waals surface area contributed by atoms with Gasteiger partial charge in [-0.05, 0) is 48.9 Å². The monoisotopic (exact) mass is 433 g/mol. The van der Waals surface area contributed by atoms with E-state index in [1.54, 1.807) is 49.8 Å². The number of halogens is 1. The van der Waals surface area contributed by atoms with E-state index in [0.717, 1.165) is 28.6 Å². The number of amides is 1. The molecule has 7 heteroatoms. The van der Waals surface area contributed by atoms with Crippen LogP contribution >= 0.6 is 0 Å². The summed E-state index contributed by atoms with van der Waals surface area (Å²) in [5.74, 6) is 0.385. The average Bonchev–Trinajstić information content (AvgIpc) is 3.21. The van der Waals surface area contributed by atoms with Crippen LogP contribution in [0.2, 0.25) is 0 Å². The Bertz CT molecular complexity index is 1250. The Morgan fingerprint density at radius 2 is 1.84 bits per heavy atom. The van der Waals surface area contributed by atoms with Crippen LogP contribution in [0.15, 0.2) is 67.1 Å². The highest BCUT2D eigenvalue weighted by Crippen LogP contribution is 2.32. The first-order chi connectivity index (χ1) is 15.5. The van der Waals surface area contributed by atoms with Crippen molar-refractivity contribution in [3.8, 4) is 11.5 Å². The van der Waals surface area contributed by atoms with Gasteiger partial charge in [-0.2, -0.15) is 0 Å². The number of pyridine rings is 1. The zero-order chi connectivity index (χ0) is 22.7. The second kappa shape index (κ2) is 9.09. The number of fused-ring (bicyclic) bond motifs is 1. The van der Waals surface area contributed by atoms with Crippen molar-refractivity contribution in [1.82, 2.24) is 14.9 Å². The van der Waals surface area contributed by atoms with Gasteiger partial charge in [0.15, 0.2) is 11.5 Å². The van der Waals surface area contributed by atoms with Gasteiger partial charge in [-0.3, -0.25) is 9.78 Å². The number of methoxy groups -OCH3 is 2. The number of nitrogens with one attached hydrogen (secondary N) is 1. The van der Waals surface area contributed by atoms with E-state index in [0.29, 0.717) is 17.1 Å². The maximum Gasteiger partial charge on any atom is 0.252 e. The third-order valence-electron chi connectivity index (χ3n) is 5.49. The molecular weight excluding hydrogens is 409 g/mol. The van der Waals surface area contributed by atoms with Crippen LogP contribution in [0.3, 0.4) is 0 Å². The van der Waals surface area contributed by atoms with Crippen molar-refractivity contribution in [2.45, 2.75) is 19.5 Å². The fourth-order valence-electron chi connectivity index (χ4n) is 3.85. The SMILES string of the molecule is CCn1cc(C(NC(=O)c2ccc(OC)c(OC)c2)c2ccc(F)cc2)c2ccncc21. The molecule has 0 saturated carbocycles. The Morgan fingerprint density at radius 3 is 2.53 bits per heavy atom. The molecule has 0 fully saturated rings. The summed E-state index contributed by atoms with van der Waals surface area (Å²) in [6.07, 6.45) is 5.54. The molecule has 0 aliphatic carbocycles. The lowest BCUT2D eigenvalue weighted by Gasteiger charge is -2.20. The number of ether oxygens (including phenoxy) is 2. The number of rotatable bonds is 7. The molecule has 2 aromatic carbocycles. The van der Waals surface area contributed by atoms with E-state index in [1.165, 1.54) is 19.2 Å². The molecule has 6 nitrogen and oxygen atoms in total. The van der Waals surface area contributed by atoms with Crippen LogP contribution in [0, 0.1) is 5.82 Å². The summed E-state index contributed by atoms with van der Waals surface area (Å²) >= 11 is 0. The van der Waals surface area contributed by atoms with Crippen LogP contribution in [0.25, 0.3) is 10.9 Å². The number of carbonyl (C=O) groups is 1.